The van der Waals surface area contributed by atoms with Gasteiger partial charge in [-0.15, -0.1) is 0 Å². The summed E-state index contributed by atoms with van der Waals surface area (Å²) in [6, 6.07) is 0. The molecule has 2 N–H and O–H groups in total. The molecule has 1 atom stereocenters. The molecule has 2 fully saturated rings. The van der Waals surface area contributed by atoms with E-state index in [1.807, 2.05) is 0 Å². The molecule has 0 bridgehead atoms. The van der Waals surface area contributed by atoms with Gasteiger partial charge in [-0.25, -0.2) is 0 Å². The molecule has 1 nitrogen and oxygen atoms in total. The first-order valence-corrected chi connectivity index (χ1v) is 6.29. The maximum atomic E-state index is 13.1. The van der Waals surface area contributed by atoms with Gasteiger partial charge in [0.2, 0.25) is 0 Å². The van der Waals surface area contributed by atoms with E-state index in [1.165, 1.54) is 0 Å². The minimum Gasteiger partial charge on any atom is -0.325 e. The van der Waals surface area contributed by atoms with E-state index in [9.17, 15) is 13.2 Å². The Kier molecular flexibility index (Phi) is 3.21. The van der Waals surface area contributed by atoms with Crippen LogP contribution in [0.3, 0.4) is 0 Å². The van der Waals surface area contributed by atoms with Gasteiger partial charge in [0.15, 0.2) is 0 Å². The van der Waals surface area contributed by atoms with E-state index < -0.39 is 17.6 Å². The third-order valence-electron chi connectivity index (χ3n) is 4.17. The molecule has 0 aromatic carbocycles. The zero-order chi connectivity index (χ0) is 11.8. The predicted octanol–water partition coefficient (Wildman–Crippen LogP) is 3.63. The lowest BCUT2D eigenvalue weighted by Crippen LogP contribution is -2.46. The van der Waals surface area contributed by atoms with Crippen LogP contribution in [0.25, 0.3) is 0 Å². The third kappa shape index (κ3) is 2.53. The lowest BCUT2D eigenvalue weighted by molar-refractivity contribution is -0.199. The Morgan fingerprint density at radius 3 is 1.88 bits per heavy atom. The maximum absolute atomic E-state index is 13.1. The molecular weight excluding hydrogens is 215 g/mol. The van der Waals surface area contributed by atoms with Crippen LogP contribution in [0.1, 0.15) is 51.4 Å². The second-order valence-corrected chi connectivity index (χ2v) is 5.50. The molecule has 2 aliphatic rings. The van der Waals surface area contributed by atoms with Crippen LogP contribution in [0.4, 0.5) is 13.2 Å². The van der Waals surface area contributed by atoms with Gasteiger partial charge in [-0.1, -0.05) is 25.7 Å². The summed E-state index contributed by atoms with van der Waals surface area (Å²) in [6.07, 6.45) is 2.45. The second kappa shape index (κ2) is 4.21. The maximum Gasteiger partial charge on any atom is 0.393 e. The summed E-state index contributed by atoms with van der Waals surface area (Å²) >= 11 is 0. The Morgan fingerprint density at radius 1 is 1.00 bits per heavy atom. The van der Waals surface area contributed by atoms with Gasteiger partial charge in [-0.3, -0.25) is 0 Å². The number of hydrogen-bond donors (Lipinski definition) is 1. The van der Waals surface area contributed by atoms with Gasteiger partial charge in [0, 0.05) is 5.54 Å². The highest BCUT2D eigenvalue weighted by atomic mass is 19.4. The van der Waals surface area contributed by atoms with E-state index in [0.717, 1.165) is 25.7 Å². The predicted molar refractivity (Wildman–Crippen MR) is 56.9 cm³/mol. The second-order valence-electron chi connectivity index (χ2n) is 5.50. The molecule has 0 amide bonds. The lowest BCUT2D eigenvalue weighted by atomic mass is 9.79. The molecule has 2 rings (SSSR count). The standard InChI is InChI=1S/C12H20F3N/c13-12(14,15)10(11(16)7-8-11)9-5-3-1-2-4-6-9/h9-10H,1-8,16H2. The molecule has 0 heterocycles. The highest BCUT2D eigenvalue weighted by Gasteiger charge is 2.60. The molecule has 0 aromatic rings. The molecule has 1 unspecified atom stereocenters. The number of alkyl halides is 3. The van der Waals surface area contributed by atoms with Crippen molar-refractivity contribution in [2.75, 3.05) is 0 Å². The molecule has 0 aromatic heterocycles. The summed E-state index contributed by atoms with van der Waals surface area (Å²) in [5.74, 6) is -1.48. The summed E-state index contributed by atoms with van der Waals surface area (Å²) in [5.41, 5.74) is 4.92. The first kappa shape index (κ1) is 12.2. The first-order valence-electron chi connectivity index (χ1n) is 6.29. The summed E-state index contributed by atoms with van der Waals surface area (Å²) in [6.45, 7) is 0. The van der Waals surface area contributed by atoms with Crippen LogP contribution in [-0.4, -0.2) is 11.7 Å². The molecule has 2 saturated carbocycles. The highest BCUT2D eigenvalue weighted by Crippen LogP contribution is 2.53. The summed E-state index contributed by atoms with van der Waals surface area (Å²) in [7, 11) is 0. The number of rotatable bonds is 2. The van der Waals surface area contributed by atoms with Gasteiger partial charge in [0.05, 0.1) is 5.92 Å². The quantitative estimate of drug-likeness (QED) is 0.727. The molecular formula is C12H20F3N. The van der Waals surface area contributed by atoms with Crippen molar-refractivity contribution in [3.63, 3.8) is 0 Å². The van der Waals surface area contributed by atoms with E-state index in [0.29, 0.717) is 25.7 Å². The summed E-state index contributed by atoms with van der Waals surface area (Å²) < 4.78 is 39.3. The van der Waals surface area contributed by atoms with Crippen molar-refractivity contribution in [3.8, 4) is 0 Å². The fourth-order valence-corrected chi connectivity index (χ4v) is 3.16. The van der Waals surface area contributed by atoms with Crippen LogP contribution in [-0.2, 0) is 0 Å². The van der Waals surface area contributed by atoms with E-state index in [2.05, 4.69) is 0 Å². The summed E-state index contributed by atoms with van der Waals surface area (Å²) in [4.78, 5) is 0. The SMILES string of the molecule is NC1(C(C2CCCCCC2)C(F)(F)F)CC1. The van der Waals surface area contributed by atoms with Crippen LogP contribution in [0.5, 0.6) is 0 Å². The lowest BCUT2D eigenvalue weighted by Gasteiger charge is -2.33. The van der Waals surface area contributed by atoms with Crippen molar-refractivity contribution in [1.82, 2.24) is 0 Å². The van der Waals surface area contributed by atoms with E-state index >= 15 is 0 Å². The van der Waals surface area contributed by atoms with Crippen molar-refractivity contribution in [2.24, 2.45) is 17.6 Å². The fourth-order valence-electron chi connectivity index (χ4n) is 3.16. The monoisotopic (exact) mass is 235 g/mol. The van der Waals surface area contributed by atoms with Gasteiger partial charge in [0.25, 0.3) is 0 Å². The number of hydrogen-bond acceptors (Lipinski definition) is 1. The van der Waals surface area contributed by atoms with Gasteiger partial charge in [0.1, 0.15) is 0 Å². The van der Waals surface area contributed by atoms with Crippen LogP contribution < -0.4 is 5.73 Å². The zero-order valence-electron chi connectivity index (χ0n) is 9.52. The van der Waals surface area contributed by atoms with Crippen molar-refractivity contribution in [2.45, 2.75) is 63.1 Å². The summed E-state index contributed by atoms with van der Waals surface area (Å²) in [5, 5.41) is 0. The van der Waals surface area contributed by atoms with Gasteiger partial charge in [-0.05, 0) is 31.6 Å². The Morgan fingerprint density at radius 2 is 1.50 bits per heavy atom. The zero-order valence-corrected chi connectivity index (χ0v) is 9.52. The molecule has 4 heteroatoms. The average molecular weight is 235 g/mol. The van der Waals surface area contributed by atoms with Crippen molar-refractivity contribution < 1.29 is 13.2 Å². The molecule has 94 valence electrons. The molecule has 0 spiro atoms. The van der Waals surface area contributed by atoms with Gasteiger partial charge in [-0.2, -0.15) is 13.2 Å². The number of halogens is 3. The molecule has 2 aliphatic carbocycles. The van der Waals surface area contributed by atoms with Crippen LogP contribution in [0.2, 0.25) is 0 Å². The molecule has 0 radical (unpaired) electrons. The fraction of sp³-hybridized carbons (Fsp3) is 1.00. The minimum absolute atomic E-state index is 0.227. The van der Waals surface area contributed by atoms with E-state index in [1.54, 1.807) is 0 Å². The van der Waals surface area contributed by atoms with Crippen LogP contribution >= 0.6 is 0 Å². The van der Waals surface area contributed by atoms with Crippen LogP contribution in [0, 0.1) is 11.8 Å². The highest BCUT2D eigenvalue weighted by molar-refractivity contribution is 5.08. The van der Waals surface area contributed by atoms with Crippen molar-refractivity contribution in [3.05, 3.63) is 0 Å². The first-order chi connectivity index (χ1) is 7.43. The Labute approximate surface area is 94.6 Å². The van der Waals surface area contributed by atoms with E-state index in [4.69, 9.17) is 5.73 Å². The Bertz CT molecular complexity index is 232. The minimum atomic E-state index is -4.11. The Balaban J connectivity index is 2.11. The largest absolute Gasteiger partial charge is 0.393 e. The normalized spacial score (nSPS) is 28.5. The smallest absolute Gasteiger partial charge is 0.325 e. The molecule has 0 aliphatic heterocycles. The Hall–Kier alpha value is -0.250. The third-order valence-corrected chi connectivity index (χ3v) is 4.17. The molecule has 0 saturated heterocycles. The topological polar surface area (TPSA) is 26.0 Å². The van der Waals surface area contributed by atoms with Crippen molar-refractivity contribution >= 4 is 0 Å². The van der Waals surface area contributed by atoms with E-state index in [-0.39, 0.29) is 5.92 Å². The van der Waals surface area contributed by atoms with Gasteiger partial charge < -0.3 is 5.73 Å². The van der Waals surface area contributed by atoms with Gasteiger partial charge >= 0.3 is 6.18 Å². The number of nitrogens with two attached hydrogens (primary N) is 1. The molecule has 16 heavy (non-hydrogen) atoms. The van der Waals surface area contributed by atoms with Crippen molar-refractivity contribution in [1.29, 1.82) is 0 Å². The van der Waals surface area contributed by atoms with Crippen LogP contribution in [0.15, 0.2) is 0 Å². The average Bonchev–Trinajstić information content (AvgIpc) is 2.90.